The molecule has 0 amide bonds. The first-order chi connectivity index (χ1) is 8.08. The van der Waals surface area contributed by atoms with Crippen LogP contribution in [0.15, 0.2) is 44.7 Å². The van der Waals surface area contributed by atoms with Gasteiger partial charge in [-0.15, -0.1) is 0 Å². The molecule has 3 nitrogen and oxygen atoms in total. The van der Waals surface area contributed by atoms with Crippen molar-refractivity contribution in [2.45, 2.75) is 23.6 Å². The van der Waals surface area contributed by atoms with E-state index in [0.717, 1.165) is 21.1 Å². The maximum Gasteiger partial charge on any atom is 0.336 e. The molecule has 0 saturated carbocycles. The standard InChI is InChI=1S/C13H12O3S/c1-8-3-4-12(10(7-8)13(14)15)17-11-5-6-16-9(11)2/h3-7H,1-2H3,(H,14,15). The molecule has 1 aromatic heterocycles. The first-order valence-corrected chi connectivity index (χ1v) is 5.95. The highest BCUT2D eigenvalue weighted by atomic mass is 32.2. The molecule has 4 heteroatoms. The number of carboxylic acids is 1. The molecule has 0 saturated heterocycles. The van der Waals surface area contributed by atoms with Gasteiger partial charge in [0.1, 0.15) is 5.76 Å². The van der Waals surface area contributed by atoms with Gasteiger partial charge in [-0.05, 0) is 32.0 Å². The molecule has 0 aliphatic heterocycles. The summed E-state index contributed by atoms with van der Waals surface area (Å²) < 4.78 is 5.19. The molecule has 1 N–H and O–H groups in total. The Morgan fingerprint density at radius 2 is 2.00 bits per heavy atom. The van der Waals surface area contributed by atoms with E-state index in [9.17, 15) is 4.79 Å². The van der Waals surface area contributed by atoms with Crippen molar-refractivity contribution >= 4 is 17.7 Å². The normalized spacial score (nSPS) is 10.5. The molecule has 0 atom stereocenters. The Morgan fingerprint density at radius 3 is 2.59 bits per heavy atom. The van der Waals surface area contributed by atoms with Crippen LogP contribution in [-0.2, 0) is 0 Å². The summed E-state index contributed by atoms with van der Waals surface area (Å²) in [4.78, 5) is 12.8. The summed E-state index contributed by atoms with van der Waals surface area (Å²) in [6, 6.07) is 7.26. The van der Waals surface area contributed by atoms with E-state index in [1.807, 2.05) is 32.0 Å². The Hall–Kier alpha value is -1.68. The molecule has 1 aromatic carbocycles. The fraction of sp³-hybridized carbons (Fsp3) is 0.154. The summed E-state index contributed by atoms with van der Waals surface area (Å²) >= 11 is 1.41. The number of aryl methyl sites for hydroxylation is 2. The summed E-state index contributed by atoms with van der Waals surface area (Å²) in [6.07, 6.45) is 1.60. The fourth-order valence-electron chi connectivity index (χ4n) is 1.50. The van der Waals surface area contributed by atoms with Crippen molar-refractivity contribution in [2.75, 3.05) is 0 Å². The van der Waals surface area contributed by atoms with E-state index in [0.29, 0.717) is 5.56 Å². The molecule has 0 spiro atoms. The second-order valence-electron chi connectivity index (χ2n) is 3.75. The van der Waals surface area contributed by atoms with Gasteiger partial charge in [0.25, 0.3) is 0 Å². The number of furan rings is 1. The topological polar surface area (TPSA) is 50.4 Å². The molecule has 0 radical (unpaired) electrons. The van der Waals surface area contributed by atoms with Crippen LogP contribution in [-0.4, -0.2) is 11.1 Å². The van der Waals surface area contributed by atoms with Gasteiger partial charge >= 0.3 is 5.97 Å². The molecule has 0 aliphatic carbocycles. The van der Waals surface area contributed by atoms with Crippen molar-refractivity contribution in [3.63, 3.8) is 0 Å². The summed E-state index contributed by atoms with van der Waals surface area (Å²) in [5.74, 6) is -0.107. The molecule has 1 heterocycles. The molecule has 0 unspecified atom stereocenters. The fourth-order valence-corrected chi connectivity index (χ4v) is 2.44. The summed E-state index contributed by atoms with van der Waals surface area (Å²) in [7, 11) is 0. The Balaban J connectivity index is 2.39. The smallest absolute Gasteiger partial charge is 0.336 e. The van der Waals surface area contributed by atoms with Gasteiger partial charge < -0.3 is 9.52 Å². The van der Waals surface area contributed by atoms with E-state index in [1.54, 1.807) is 12.3 Å². The molecule has 0 fully saturated rings. The van der Waals surface area contributed by atoms with Crippen LogP contribution >= 0.6 is 11.8 Å². The summed E-state index contributed by atoms with van der Waals surface area (Å²) in [5.41, 5.74) is 1.27. The zero-order chi connectivity index (χ0) is 12.4. The maximum atomic E-state index is 11.2. The number of carboxylic acid groups (broad SMARTS) is 1. The molecule has 17 heavy (non-hydrogen) atoms. The SMILES string of the molecule is Cc1ccc(Sc2ccoc2C)c(C(=O)O)c1. The van der Waals surface area contributed by atoms with Crippen molar-refractivity contribution in [3.8, 4) is 0 Å². The number of hydrogen-bond acceptors (Lipinski definition) is 3. The Morgan fingerprint density at radius 1 is 1.24 bits per heavy atom. The second-order valence-corrected chi connectivity index (χ2v) is 4.83. The molecular weight excluding hydrogens is 236 g/mol. The quantitative estimate of drug-likeness (QED) is 0.898. The molecule has 88 valence electrons. The van der Waals surface area contributed by atoms with Crippen molar-refractivity contribution in [1.82, 2.24) is 0 Å². The Bertz CT molecular complexity index is 558. The van der Waals surface area contributed by atoms with E-state index >= 15 is 0 Å². The van der Waals surface area contributed by atoms with Crippen molar-refractivity contribution in [3.05, 3.63) is 47.4 Å². The zero-order valence-electron chi connectivity index (χ0n) is 9.56. The Labute approximate surface area is 103 Å². The third-order valence-corrected chi connectivity index (χ3v) is 3.62. The van der Waals surface area contributed by atoms with Crippen LogP contribution in [0.5, 0.6) is 0 Å². The minimum Gasteiger partial charge on any atom is -0.478 e. The lowest BCUT2D eigenvalue weighted by Crippen LogP contribution is -1.99. The molecule has 2 aromatic rings. The van der Waals surface area contributed by atoms with Crippen molar-refractivity contribution < 1.29 is 14.3 Å². The van der Waals surface area contributed by atoms with Gasteiger partial charge in [0.05, 0.1) is 16.7 Å². The first-order valence-electron chi connectivity index (χ1n) is 5.14. The average Bonchev–Trinajstić information content (AvgIpc) is 2.67. The second kappa shape index (κ2) is 4.67. The lowest BCUT2D eigenvalue weighted by atomic mass is 10.1. The van der Waals surface area contributed by atoms with Crippen LogP contribution in [0.25, 0.3) is 0 Å². The van der Waals surface area contributed by atoms with Crippen molar-refractivity contribution in [1.29, 1.82) is 0 Å². The van der Waals surface area contributed by atoms with Crippen molar-refractivity contribution in [2.24, 2.45) is 0 Å². The zero-order valence-corrected chi connectivity index (χ0v) is 10.4. The lowest BCUT2D eigenvalue weighted by Gasteiger charge is -2.05. The highest BCUT2D eigenvalue weighted by Gasteiger charge is 2.13. The van der Waals surface area contributed by atoms with Gasteiger partial charge in [0.2, 0.25) is 0 Å². The maximum absolute atomic E-state index is 11.2. The van der Waals surface area contributed by atoms with Gasteiger partial charge in [-0.3, -0.25) is 0 Å². The van der Waals surface area contributed by atoms with Gasteiger partial charge in [-0.1, -0.05) is 23.4 Å². The minimum atomic E-state index is -0.905. The van der Waals surface area contributed by atoms with Crippen LogP contribution in [0.3, 0.4) is 0 Å². The first kappa shape index (κ1) is 11.8. The van der Waals surface area contributed by atoms with Gasteiger partial charge in [-0.2, -0.15) is 0 Å². The van der Waals surface area contributed by atoms with Crippen LogP contribution in [0.1, 0.15) is 21.7 Å². The number of carbonyl (C=O) groups is 1. The van der Waals surface area contributed by atoms with Crippen LogP contribution in [0.2, 0.25) is 0 Å². The third kappa shape index (κ3) is 2.53. The molecule has 0 bridgehead atoms. The third-order valence-electron chi connectivity index (χ3n) is 2.40. The van der Waals surface area contributed by atoms with Gasteiger partial charge in [-0.25, -0.2) is 4.79 Å². The molecular formula is C13H12O3S. The van der Waals surface area contributed by atoms with E-state index < -0.39 is 5.97 Å². The monoisotopic (exact) mass is 248 g/mol. The predicted octanol–water partition coefficient (Wildman–Crippen LogP) is 3.75. The predicted molar refractivity (Wildman–Crippen MR) is 65.7 cm³/mol. The van der Waals surface area contributed by atoms with E-state index in [-0.39, 0.29) is 0 Å². The van der Waals surface area contributed by atoms with Crippen LogP contribution in [0, 0.1) is 13.8 Å². The van der Waals surface area contributed by atoms with Gasteiger partial charge in [0.15, 0.2) is 0 Å². The van der Waals surface area contributed by atoms with E-state index in [1.165, 1.54) is 11.8 Å². The molecule has 0 aliphatic rings. The number of rotatable bonds is 3. The van der Waals surface area contributed by atoms with Crippen LogP contribution < -0.4 is 0 Å². The largest absolute Gasteiger partial charge is 0.478 e. The molecule has 2 rings (SSSR count). The van der Waals surface area contributed by atoms with E-state index in [4.69, 9.17) is 9.52 Å². The Kier molecular flexibility index (Phi) is 3.24. The number of benzene rings is 1. The number of hydrogen-bond donors (Lipinski definition) is 1. The average molecular weight is 248 g/mol. The highest BCUT2D eigenvalue weighted by Crippen LogP contribution is 2.33. The lowest BCUT2D eigenvalue weighted by molar-refractivity contribution is 0.0693. The summed E-state index contributed by atoms with van der Waals surface area (Å²) in [6.45, 7) is 3.74. The van der Waals surface area contributed by atoms with Crippen LogP contribution in [0.4, 0.5) is 0 Å². The minimum absolute atomic E-state index is 0.329. The van der Waals surface area contributed by atoms with Gasteiger partial charge in [0, 0.05) is 4.90 Å². The number of aromatic carboxylic acids is 1. The van der Waals surface area contributed by atoms with E-state index in [2.05, 4.69) is 0 Å². The summed E-state index contributed by atoms with van der Waals surface area (Å²) in [5, 5.41) is 9.15. The highest BCUT2D eigenvalue weighted by molar-refractivity contribution is 7.99.